The molecule has 1 aliphatic rings. The highest BCUT2D eigenvalue weighted by Crippen LogP contribution is 2.29. The molecule has 4 aromatic rings. The molecule has 0 radical (unpaired) electrons. The van der Waals surface area contributed by atoms with E-state index in [1.165, 1.54) is 0 Å². The topological polar surface area (TPSA) is 93.5 Å². The Bertz CT molecular complexity index is 1170. The number of anilines is 1. The van der Waals surface area contributed by atoms with Gasteiger partial charge in [-0.05, 0) is 45.7 Å². The number of aromatic amines is 1. The molecule has 0 aliphatic carbocycles. The lowest BCUT2D eigenvalue weighted by atomic mass is 10.1. The predicted molar refractivity (Wildman–Crippen MR) is 113 cm³/mol. The summed E-state index contributed by atoms with van der Waals surface area (Å²) in [7, 11) is 0. The summed E-state index contributed by atoms with van der Waals surface area (Å²) in [6.45, 7) is 7.89. The van der Waals surface area contributed by atoms with Gasteiger partial charge in [-0.1, -0.05) is 0 Å². The first-order chi connectivity index (χ1) is 14.1. The van der Waals surface area contributed by atoms with Gasteiger partial charge in [0, 0.05) is 48.6 Å². The number of nitrogens with one attached hydrogen (secondary N) is 2. The monoisotopic (exact) mass is 391 g/mol. The second-order valence-corrected chi connectivity index (χ2v) is 7.85. The summed E-state index contributed by atoms with van der Waals surface area (Å²) in [6.07, 6.45) is 5.77. The summed E-state index contributed by atoms with van der Waals surface area (Å²) in [5.74, 6) is 1.63. The summed E-state index contributed by atoms with van der Waals surface area (Å²) < 4.78 is 7.58. The fourth-order valence-electron chi connectivity index (χ4n) is 4.07. The highest BCUT2D eigenvalue weighted by molar-refractivity contribution is 5.93. The first kappa shape index (κ1) is 18.1. The maximum Gasteiger partial charge on any atom is 0.224 e. The van der Waals surface area contributed by atoms with Crippen LogP contribution < -0.4 is 5.32 Å². The van der Waals surface area contributed by atoms with Gasteiger partial charge in [-0.3, -0.25) is 0 Å². The van der Waals surface area contributed by atoms with E-state index in [2.05, 4.69) is 43.7 Å². The summed E-state index contributed by atoms with van der Waals surface area (Å²) >= 11 is 0. The molecular weight excluding hydrogens is 366 g/mol. The smallest absolute Gasteiger partial charge is 0.224 e. The number of ether oxygens (including phenoxy) is 1. The number of aryl methyl sites for hydroxylation is 1. The van der Waals surface area contributed by atoms with Crippen molar-refractivity contribution in [2.24, 2.45) is 0 Å². The minimum absolute atomic E-state index is 0.299. The van der Waals surface area contributed by atoms with E-state index < -0.39 is 0 Å². The van der Waals surface area contributed by atoms with E-state index in [0.29, 0.717) is 18.0 Å². The molecule has 4 aromatic heterocycles. The lowest BCUT2D eigenvalue weighted by Crippen LogP contribution is -2.28. The molecule has 0 unspecified atom stereocenters. The van der Waals surface area contributed by atoms with E-state index in [1.807, 2.05) is 31.5 Å². The van der Waals surface area contributed by atoms with Crippen LogP contribution in [0, 0.1) is 6.92 Å². The maximum atomic E-state index is 5.41. The van der Waals surface area contributed by atoms with Crippen LogP contribution >= 0.6 is 0 Å². The number of imidazole rings is 1. The molecule has 5 rings (SSSR count). The molecule has 8 nitrogen and oxygen atoms in total. The molecule has 0 aromatic carbocycles. The van der Waals surface area contributed by atoms with E-state index in [-0.39, 0.29) is 0 Å². The van der Waals surface area contributed by atoms with Crippen molar-refractivity contribution in [3.8, 4) is 11.3 Å². The quantitative estimate of drug-likeness (QED) is 0.549. The minimum atomic E-state index is 0.299. The van der Waals surface area contributed by atoms with Crippen LogP contribution in [0.2, 0.25) is 0 Å². The van der Waals surface area contributed by atoms with Crippen LogP contribution in [0.25, 0.3) is 33.5 Å². The molecule has 1 saturated heterocycles. The summed E-state index contributed by atoms with van der Waals surface area (Å²) in [5.41, 5.74) is 4.51. The number of hydrogen-bond acceptors (Lipinski definition) is 6. The third-order valence-electron chi connectivity index (χ3n) is 5.49. The van der Waals surface area contributed by atoms with E-state index >= 15 is 0 Å². The third-order valence-corrected chi connectivity index (χ3v) is 5.49. The predicted octanol–water partition coefficient (Wildman–Crippen LogP) is 3.85. The fraction of sp³-hybridized carbons (Fsp3) is 0.429. The van der Waals surface area contributed by atoms with Crippen LogP contribution in [-0.2, 0) is 4.74 Å². The van der Waals surface area contributed by atoms with E-state index in [1.54, 1.807) is 0 Å². The number of nitrogens with zero attached hydrogens (tertiary/aromatic N) is 5. The molecule has 150 valence electrons. The molecule has 29 heavy (non-hydrogen) atoms. The van der Waals surface area contributed by atoms with Gasteiger partial charge in [0.2, 0.25) is 5.95 Å². The van der Waals surface area contributed by atoms with Gasteiger partial charge in [0.15, 0.2) is 5.65 Å². The van der Waals surface area contributed by atoms with Crippen molar-refractivity contribution in [2.75, 3.05) is 18.5 Å². The highest BCUT2D eigenvalue weighted by Gasteiger charge is 2.17. The third kappa shape index (κ3) is 3.23. The number of fused-ring (bicyclic) bond motifs is 2. The highest BCUT2D eigenvalue weighted by atomic mass is 16.5. The van der Waals surface area contributed by atoms with Crippen LogP contribution in [0.1, 0.15) is 38.6 Å². The minimum Gasteiger partial charge on any atom is -0.381 e. The molecule has 5 heterocycles. The molecule has 1 fully saturated rings. The van der Waals surface area contributed by atoms with E-state index in [0.717, 1.165) is 65.3 Å². The zero-order valence-electron chi connectivity index (χ0n) is 16.9. The average Bonchev–Trinajstić information content (AvgIpc) is 3.27. The Labute approximate surface area is 168 Å². The molecule has 0 saturated carbocycles. The fourth-order valence-corrected chi connectivity index (χ4v) is 4.07. The van der Waals surface area contributed by atoms with Gasteiger partial charge in [0.05, 0.1) is 5.69 Å². The number of aromatic nitrogens is 6. The van der Waals surface area contributed by atoms with Gasteiger partial charge in [-0.15, -0.1) is 0 Å². The van der Waals surface area contributed by atoms with E-state index in [9.17, 15) is 0 Å². The van der Waals surface area contributed by atoms with Crippen LogP contribution in [0.15, 0.2) is 24.5 Å². The van der Waals surface area contributed by atoms with E-state index in [4.69, 9.17) is 9.72 Å². The van der Waals surface area contributed by atoms with Gasteiger partial charge in [0.25, 0.3) is 0 Å². The Morgan fingerprint density at radius 2 is 2.00 bits per heavy atom. The summed E-state index contributed by atoms with van der Waals surface area (Å²) in [4.78, 5) is 22.0. The van der Waals surface area contributed by atoms with Gasteiger partial charge in [0.1, 0.15) is 17.0 Å². The Hall–Kier alpha value is -3.00. The molecule has 0 amide bonds. The number of hydrogen-bond donors (Lipinski definition) is 2. The molecular formula is C21H25N7O. The molecule has 8 heteroatoms. The van der Waals surface area contributed by atoms with Crippen molar-refractivity contribution in [1.29, 1.82) is 0 Å². The van der Waals surface area contributed by atoms with Gasteiger partial charge < -0.3 is 19.6 Å². The largest absolute Gasteiger partial charge is 0.381 e. The van der Waals surface area contributed by atoms with Crippen LogP contribution in [0.5, 0.6) is 0 Å². The first-order valence-corrected chi connectivity index (χ1v) is 10.1. The van der Waals surface area contributed by atoms with Gasteiger partial charge in [-0.2, -0.15) is 4.98 Å². The first-order valence-electron chi connectivity index (χ1n) is 10.1. The van der Waals surface area contributed by atoms with Crippen molar-refractivity contribution in [3.05, 3.63) is 30.4 Å². The zero-order chi connectivity index (χ0) is 20.0. The summed E-state index contributed by atoms with van der Waals surface area (Å²) in [6, 6.07) is 4.70. The number of pyridine rings is 1. The Balaban J connectivity index is 1.51. The second kappa shape index (κ2) is 7.11. The number of H-pyrrole nitrogens is 1. The molecule has 0 atom stereocenters. The van der Waals surface area contributed by atoms with Crippen LogP contribution in [0.4, 0.5) is 5.95 Å². The molecule has 0 spiro atoms. The maximum absolute atomic E-state index is 5.41. The van der Waals surface area contributed by atoms with Crippen molar-refractivity contribution in [1.82, 2.24) is 29.5 Å². The molecule has 0 bridgehead atoms. The lowest BCUT2D eigenvalue weighted by Gasteiger charge is -2.22. The molecule has 1 aliphatic heterocycles. The Morgan fingerprint density at radius 1 is 1.17 bits per heavy atom. The van der Waals surface area contributed by atoms with Crippen molar-refractivity contribution in [2.45, 2.75) is 45.7 Å². The summed E-state index contributed by atoms with van der Waals surface area (Å²) in [5, 5.41) is 4.38. The van der Waals surface area contributed by atoms with Crippen molar-refractivity contribution >= 4 is 28.1 Å². The average molecular weight is 391 g/mol. The van der Waals surface area contributed by atoms with Crippen LogP contribution in [-0.4, -0.2) is 48.7 Å². The lowest BCUT2D eigenvalue weighted by molar-refractivity contribution is 0.0903. The zero-order valence-corrected chi connectivity index (χ0v) is 16.9. The van der Waals surface area contributed by atoms with Crippen molar-refractivity contribution in [3.63, 3.8) is 0 Å². The standard InChI is InChI=1S/C21H25N7O/c1-12(2)28-13(3)24-18-5-4-17(26-20(18)28)15-10-22-19-16(15)11-23-21(27-19)25-14-6-8-29-9-7-14/h4-5,10-12,14H,6-9H2,1-3H3,(H2,22,23,25,27). The Morgan fingerprint density at radius 3 is 2.79 bits per heavy atom. The van der Waals surface area contributed by atoms with Crippen LogP contribution in [0.3, 0.4) is 0 Å². The normalized spacial score (nSPS) is 15.6. The Kier molecular flexibility index (Phi) is 4.43. The molecule has 2 N–H and O–H groups in total. The number of rotatable bonds is 4. The SMILES string of the molecule is Cc1nc2ccc(-c3c[nH]c4nc(NC5CCOCC5)ncc34)nc2n1C(C)C. The van der Waals surface area contributed by atoms with Crippen molar-refractivity contribution < 1.29 is 4.74 Å². The van der Waals surface area contributed by atoms with Gasteiger partial charge >= 0.3 is 0 Å². The van der Waals surface area contributed by atoms with Gasteiger partial charge in [-0.25, -0.2) is 15.0 Å². The second-order valence-electron chi connectivity index (χ2n) is 7.85.